The number of benzene rings is 2. The number of hydrogen-bond donors (Lipinski definition) is 3. The predicted octanol–water partition coefficient (Wildman–Crippen LogP) is 3.24. The van der Waals surface area contributed by atoms with Crippen LogP contribution in [0, 0.1) is 6.92 Å². The highest BCUT2D eigenvalue weighted by atomic mass is 35.5. The molecule has 31 heavy (non-hydrogen) atoms. The molecule has 0 aliphatic carbocycles. The van der Waals surface area contributed by atoms with Crippen LogP contribution in [0.15, 0.2) is 61.2 Å². The van der Waals surface area contributed by atoms with E-state index in [4.69, 9.17) is 11.6 Å². The van der Waals surface area contributed by atoms with Crippen LogP contribution in [0.4, 0.5) is 11.4 Å². The number of hydrogen-bond acceptors (Lipinski definition) is 4. The summed E-state index contributed by atoms with van der Waals surface area (Å²) in [5.41, 5.74) is 2.28. The minimum Gasteiger partial charge on any atom is -0.343 e. The van der Waals surface area contributed by atoms with Crippen LogP contribution >= 0.6 is 11.6 Å². The summed E-state index contributed by atoms with van der Waals surface area (Å²) < 4.78 is 1.80. The fourth-order valence-electron chi connectivity index (χ4n) is 2.79. The Hall–Kier alpha value is -3.65. The third-order valence-corrected chi connectivity index (χ3v) is 4.69. The lowest BCUT2D eigenvalue weighted by molar-refractivity contribution is -0.116. The second-order valence-electron chi connectivity index (χ2n) is 6.89. The van der Waals surface area contributed by atoms with E-state index >= 15 is 0 Å². The number of halogens is 1. The van der Waals surface area contributed by atoms with Gasteiger partial charge in [0.25, 0.3) is 5.91 Å². The molecule has 0 aliphatic heterocycles. The molecule has 3 aromatic rings. The van der Waals surface area contributed by atoms with Crippen LogP contribution in [0.5, 0.6) is 0 Å². The highest BCUT2D eigenvalue weighted by Gasteiger charge is 2.11. The van der Waals surface area contributed by atoms with E-state index < -0.39 is 11.8 Å². The maximum absolute atomic E-state index is 12.4. The number of aromatic nitrogens is 2. The zero-order valence-electron chi connectivity index (χ0n) is 16.9. The first-order chi connectivity index (χ1) is 14.9. The Bertz CT molecular complexity index is 1080. The zero-order valence-corrected chi connectivity index (χ0v) is 17.6. The summed E-state index contributed by atoms with van der Waals surface area (Å²) in [6.07, 6.45) is 5.34. The first-order valence-electron chi connectivity index (χ1n) is 9.60. The first kappa shape index (κ1) is 22.0. The third-order valence-electron chi connectivity index (χ3n) is 4.37. The van der Waals surface area contributed by atoms with Crippen molar-refractivity contribution in [3.05, 3.63) is 77.3 Å². The molecule has 8 nitrogen and oxygen atoms in total. The van der Waals surface area contributed by atoms with Crippen molar-refractivity contribution < 1.29 is 14.4 Å². The Morgan fingerprint density at radius 3 is 2.65 bits per heavy atom. The van der Waals surface area contributed by atoms with Gasteiger partial charge in [-0.3, -0.25) is 14.4 Å². The van der Waals surface area contributed by atoms with Crippen molar-refractivity contribution in [3.8, 4) is 0 Å². The smallest absolute Gasteiger partial charge is 0.251 e. The van der Waals surface area contributed by atoms with Crippen molar-refractivity contribution >= 4 is 40.7 Å². The molecule has 0 aliphatic rings. The molecular weight excluding hydrogens is 418 g/mol. The van der Waals surface area contributed by atoms with Gasteiger partial charge in [-0.25, -0.2) is 4.98 Å². The van der Waals surface area contributed by atoms with Gasteiger partial charge in [-0.15, -0.1) is 0 Å². The minimum atomic E-state index is -0.431. The molecule has 1 aromatic heterocycles. The summed E-state index contributed by atoms with van der Waals surface area (Å²) in [6, 6.07) is 11.8. The van der Waals surface area contributed by atoms with Crippen LogP contribution in [0.3, 0.4) is 0 Å². The zero-order chi connectivity index (χ0) is 22.2. The largest absolute Gasteiger partial charge is 0.343 e. The SMILES string of the molecule is Cc1ccc(NC(=O)CNC(=O)c2cccc(NC(=O)CCn3ccnc3)c2)c(Cl)c1. The molecule has 0 radical (unpaired) electrons. The van der Waals surface area contributed by atoms with E-state index in [9.17, 15) is 14.4 Å². The molecule has 9 heteroatoms. The molecule has 0 saturated carbocycles. The molecule has 0 spiro atoms. The lowest BCUT2D eigenvalue weighted by Crippen LogP contribution is -2.33. The number of carbonyl (C=O) groups excluding carboxylic acids is 3. The van der Waals surface area contributed by atoms with Gasteiger partial charge in [0, 0.05) is 36.6 Å². The van der Waals surface area contributed by atoms with Gasteiger partial charge in [-0.2, -0.15) is 0 Å². The van der Waals surface area contributed by atoms with E-state index in [0.29, 0.717) is 28.5 Å². The molecular formula is C22H22ClN5O3. The maximum Gasteiger partial charge on any atom is 0.251 e. The Balaban J connectivity index is 1.49. The van der Waals surface area contributed by atoms with Gasteiger partial charge in [0.1, 0.15) is 0 Å². The van der Waals surface area contributed by atoms with Crippen molar-refractivity contribution in [3.63, 3.8) is 0 Å². The van der Waals surface area contributed by atoms with E-state index in [1.165, 1.54) is 0 Å². The van der Waals surface area contributed by atoms with Crippen molar-refractivity contribution in [1.82, 2.24) is 14.9 Å². The van der Waals surface area contributed by atoms with E-state index in [-0.39, 0.29) is 18.9 Å². The highest BCUT2D eigenvalue weighted by molar-refractivity contribution is 6.33. The summed E-state index contributed by atoms with van der Waals surface area (Å²) in [5, 5.41) is 8.40. The number of amides is 3. The van der Waals surface area contributed by atoms with Crippen molar-refractivity contribution in [2.45, 2.75) is 19.9 Å². The van der Waals surface area contributed by atoms with E-state index in [1.807, 2.05) is 13.0 Å². The summed E-state index contributed by atoms with van der Waals surface area (Å²) in [4.78, 5) is 40.6. The molecule has 3 amide bonds. The lowest BCUT2D eigenvalue weighted by atomic mass is 10.2. The molecule has 0 atom stereocenters. The summed E-state index contributed by atoms with van der Waals surface area (Å²) in [6.45, 7) is 2.19. The topological polar surface area (TPSA) is 105 Å². The number of carbonyl (C=O) groups is 3. The Morgan fingerprint density at radius 2 is 1.90 bits per heavy atom. The van der Waals surface area contributed by atoms with Crippen LogP contribution in [0.2, 0.25) is 5.02 Å². The number of rotatable bonds is 8. The van der Waals surface area contributed by atoms with Gasteiger partial charge in [0.15, 0.2) is 0 Å². The van der Waals surface area contributed by atoms with Crippen molar-refractivity contribution in [2.24, 2.45) is 0 Å². The van der Waals surface area contributed by atoms with Crippen LogP contribution in [-0.2, 0) is 16.1 Å². The van der Waals surface area contributed by atoms with Crippen LogP contribution in [-0.4, -0.2) is 33.8 Å². The predicted molar refractivity (Wildman–Crippen MR) is 119 cm³/mol. The van der Waals surface area contributed by atoms with Gasteiger partial charge in [0.2, 0.25) is 11.8 Å². The average Bonchev–Trinajstić information content (AvgIpc) is 3.26. The van der Waals surface area contributed by atoms with Gasteiger partial charge in [-0.1, -0.05) is 23.7 Å². The second-order valence-corrected chi connectivity index (χ2v) is 7.30. The molecule has 0 bridgehead atoms. The van der Waals surface area contributed by atoms with E-state index in [1.54, 1.807) is 59.7 Å². The standard InChI is InChI=1S/C22H22ClN5O3/c1-15-5-6-19(18(23)11-15)27-21(30)13-25-22(31)16-3-2-4-17(12-16)26-20(29)7-9-28-10-8-24-14-28/h2-6,8,10-12,14H,7,9,13H2,1H3,(H,25,31)(H,26,29)(H,27,30). The van der Waals surface area contributed by atoms with Crippen LogP contribution < -0.4 is 16.0 Å². The van der Waals surface area contributed by atoms with E-state index in [2.05, 4.69) is 20.9 Å². The number of nitrogens with one attached hydrogen (secondary N) is 3. The molecule has 0 saturated heterocycles. The molecule has 1 heterocycles. The molecule has 3 N–H and O–H groups in total. The normalized spacial score (nSPS) is 10.4. The fourth-order valence-corrected chi connectivity index (χ4v) is 3.07. The Kier molecular flexibility index (Phi) is 7.40. The number of aryl methyl sites for hydroxylation is 2. The number of imidazole rings is 1. The first-order valence-corrected chi connectivity index (χ1v) is 9.98. The van der Waals surface area contributed by atoms with Crippen LogP contribution in [0.25, 0.3) is 0 Å². The van der Waals surface area contributed by atoms with Crippen molar-refractivity contribution in [1.29, 1.82) is 0 Å². The fraction of sp³-hybridized carbons (Fsp3) is 0.182. The highest BCUT2D eigenvalue weighted by Crippen LogP contribution is 2.22. The van der Waals surface area contributed by atoms with Gasteiger partial charge < -0.3 is 20.5 Å². The molecule has 3 rings (SSSR count). The quantitative estimate of drug-likeness (QED) is 0.501. The average molecular weight is 440 g/mol. The Morgan fingerprint density at radius 1 is 1.06 bits per heavy atom. The second kappa shape index (κ2) is 10.4. The minimum absolute atomic E-state index is 0.180. The van der Waals surface area contributed by atoms with Crippen LogP contribution in [0.1, 0.15) is 22.3 Å². The number of nitrogens with zero attached hydrogens (tertiary/aromatic N) is 2. The molecule has 160 valence electrons. The molecule has 2 aromatic carbocycles. The Labute approximate surface area is 184 Å². The third kappa shape index (κ3) is 6.68. The summed E-state index contributed by atoms with van der Waals surface area (Å²) in [5.74, 6) is -1.01. The number of anilines is 2. The van der Waals surface area contributed by atoms with Gasteiger partial charge in [0.05, 0.1) is 23.6 Å². The summed E-state index contributed by atoms with van der Waals surface area (Å²) >= 11 is 6.10. The van der Waals surface area contributed by atoms with Gasteiger partial charge >= 0.3 is 0 Å². The molecule has 0 fully saturated rings. The molecule has 0 unspecified atom stereocenters. The lowest BCUT2D eigenvalue weighted by Gasteiger charge is -2.10. The van der Waals surface area contributed by atoms with Gasteiger partial charge in [-0.05, 0) is 42.8 Å². The maximum atomic E-state index is 12.4. The summed E-state index contributed by atoms with van der Waals surface area (Å²) in [7, 11) is 0. The van der Waals surface area contributed by atoms with E-state index in [0.717, 1.165) is 5.56 Å². The monoisotopic (exact) mass is 439 g/mol. The van der Waals surface area contributed by atoms with Crippen molar-refractivity contribution in [2.75, 3.05) is 17.2 Å².